The second-order valence-electron chi connectivity index (χ2n) is 5.90. The monoisotopic (exact) mass is 307 g/mol. The number of piperidine rings is 1. The predicted molar refractivity (Wildman–Crippen MR) is 84.8 cm³/mol. The Bertz CT molecular complexity index is 471. The van der Waals surface area contributed by atoms with Gasteiger partial charge in [0.15, 0.2) is 5.69 Å². The summed E-state index contributed by atoms with van der Waals surface area (Å²) in [6.45, 7) is 5.47. The molecule has 2 rings (SSSR count). The van der Waals surface area contributed by atoms with Crippen LogP contribution in [0.2, 0.25) is 0 Å². The van der Waals surface area contributed by atoms with Gasteiger partial charge in [-0.1, -0.05) is 6.92 Å². The average molecular weight is 307 g/mol. The largest absolute Gasteiger partial charge is 0.390 e. The standard InChI is InChI=1S/C15H25N5O2/c1-11-5-7-20(8-6-11)10-12(21)9-17-14-4-3-13(18-19-14)15(22)16-2/h3-4,11-12,21H,5-10H2,1-2H3,(H,16,22)(H,17,19). The van der Waals surface area contributed by atoms with E-state index in [9.17, 15) is 9.90 Å². The lowest BCUT2D eigenvalue weighted by Crippen LogP contribution is -2.40. The molecule has 7 nitrogen and oxygen atoms in total. The van der Waals surface area contributed by atoms with Gasteiger partial charge in [0.25, 0.3) is 5.91 Å². The van der Waals surface area contributed by atoms with Gasteiger partial charge in [0.05, 0.1) is 6.10 Å². The maximum Gasteiger partial charge on any atom is 0.271 e. The molecule has 22 heavy (non-hydrogen) atoms. The SMILES string of the molecule is CNC(=O)c1ccc(NCC(O)CN2CCC(C)CC2)nn1. The second kappa shape index (κ2) is 8.05. The first-order valence-corrected chi connectivity index (χ1v) is 7.78. The number of β-amino-alcohol motifs (C(OH)–C–C–N with tert-alkyl or cyclic N) is 1. The Kier molecular flexibility index (Phi) is 6.09. The molecular formula is C15H25N5O2. The molecule has 1 amide bonds. The zero-order chi connectivity index (χ0) is 15.9. The lowest BCUT2D eigenvalue weighted by atomic mass is 9.99. The van der Waals surface area contributed by atoms with E-state index in [0.717, 1.165) is 19.0 Å². The number of aromatic nitrogens is 2. The van der Waals surface area contributed by atoms with E-state index < -0.39 is 6.10 Å². The van der Waals surface area contributed by atoms with Crippen LogP contribution in [0.4, 0.5) is 5.82 Å². The van der Waals surface area contributed by atoms with E-state index in [1.807, 2.05) is 0 Å². The number of rotatable bonds is 6. The van der Waals surface area contributed by atoms with Gasteiger partial charge in [-0.15, -0.1) is 10.2 Å². The summed E-state index contributed by atoms with van der Waals surface area (Å²) >= 11 is 0. The van der Waals surface area contributed by atoms with Gasteiger partial charge in [0, 0.05) is 20.1 Å². The molecule has 1 unspecified atom stereocenters. The molecule has 2 heterocycles. The van der Waals surface area contributed by atoms with Gasteiger partial charge in [-0.3, -0.25) is 4.79 Å². The second-order valence-corrected chi connectivity index (χ2v) is 5.90. The molecule has 0 saturated carbocycles. The van der Waals surface area contributed by atoms with Crippen LogP contribution in [0, 0.1) is 5.92 Å². The number of amides is 1. The summed E-state index contributed by atoms with van der Waals surface area (Å²) in [6.07, 6.45) is 1.95. The van der Waals surface area contributed by atoms with Crippen molar-refractivity contribution in [2.24, 2.45) is 5.92 Å². The number of nitrogens with zero attached hydrogens (tertiary/aromatic N) is 3. The fraction of sp³-hybridized carbons (Fsp3) is 0.667. The normalized spacial score (nSPS) is 18.0. The van der Waals surface area contributed by atoms with Gasteiger partial charge in [0.2, 0.25) is 0 Å². The van der Waals surface area contributed by atoms with E-state index in [2.05, 4.69) is 32.7 Å². The number of carbonyl (C=O) groups excluding carboxylic acids is 1. The average Bonchev–Trinajstić information content (AvgIpc) is 2.55. The topological polar surface area (TPSA) is 90.4 Å². The Labute approximate surface area is 131 Å². The van der Waals surface area contributed by atoms with Crippen LogP contribution in [0.5, 0.6) is 0 Å². The van der Waals surface area contributed by atoms with Gasteiger partial charge >= 0.3 is 0 Å². The molecule has 1 aliphatic heterocycles. The lowest BCUT2D eigenvalue weighted by molar-refractivity contribution is 0.0956. The summed E-state index contributed by atoms with van der Waals surface area (Å²) in [7, 11) is 1.55. The third-order valence-electron chi connectivity index (χ3n) is 3.99. The zero-order valence-electron chi connectivity index (χ0n) is 13.2. The number of nitrogens with one attached hydrogen (secondary N) is 2. The summed E-state index contributed by atoms with van der Waals surface area (Å²) < 4.78 is 0. The first-order valence-electron chi connectivity index (χ1n) is 7.78. The molecule has 1 aromatic rings. The third kappa shape index (κ3) is 4.92. The van der Waals surface area contributed by atoms with Crippen LogP contribution in [0.25, 0.3) is 0 Å². The molecule has 7 heteroatoms. The molecule has 0 spiro atoms. The molecule has 0 aromatic carbocycles. The highest BCUT2D eigenvalue weighted by Crippen LogP contribution is 2.16. The van der Waals surface area contributed by atoms with E-state index in [-0.39, 0.29) is 11.6 Å². The highest BCUT2D eigenvalue weighted by molar-refractivity contribution is 5.91. The smallest absolute Gasteiger partial charge is 0.271 e. The van der Waals surface area contributed by atoms with Gasteiger partial charge in [0.1, 0.15) is 5.82 Å². The summed E-state index contributed by atoms with van der Waals surface area (Å²) in [4.78, 5) is 13.7. The van der Waals surface area contributed by atoms with Crippen molar-refractivity contribution >= 4 is 11.7 Å². The van der Waals surface area contributed by atoms with E-state index in [1.165, 1.54) is 12.8 Å². The van der Waals surface area contributed by atoms with Crippen molar-refractivity contribution in [1.29, 1.82) is 0 Å². The van der Waals surface area contributed by atoms with Crippen LogP contribution in [0.1, 0.15) is 30.3 Å². The van der Waals surface area contributed by atoms with E-state index >= 15 is 0 Å². The Hall–Kier alpha value is -1.73. The van der Waals surface area contributed by atoms with E-state index in [4.69, 9.17) is 0 Å². The molecule has 1 saturated heterocycles. The number of carbonyl (C=O) groups is 1. The first-order chi connectivity index (χ1) is 10.6. The summed E-state index contributed by atoms with van der Waals surface area (Å²) in [5.41, 5.74) is 0.274. The van der Waals surface area contributed by atoms with Crippen molar-refractivity contribution in [3.8, 4) is 0 Å². The summed E-state index contributed by atoms with van der Waals surface area (Å²) in [6, 6.07) is 3.29. The third-order valence-corrected chi connectivity index (χ3v) is 3.99. The van der Waals surface area contributed by atoms with Crippen LogP contribution in [0.3, 0.4) is 0 Å². The van der Waals surface area contributed by atoms with Crippen LogP contribution >= 0.6 is 0 Å². The zero-order valence-corrected chi connectivity index (χ0v) is 13.2. The number of aliphatic hydroxyl groups is 1. The van der Waals surface area contributed by atoms with E-state index in [0.29, 0.717) is 18.9 Å². The minimum atomic E-state index is -0.450. The van der Waals surface area contributed by atoms with Crippen molar-refractivity contribution in [3.05, 3.63) is 17.8 Å². The minimum absolute atomic E-state index is 0.265. The van der Waals surface area contributed by atoms with Crippen molar-refractivity contribution < 1.29 is 9.90 Å². The van der Waals surface area contributed by atoms with Crippen LogP contribution in [0.15, 0.2) is 12.1 Å². The maximum absolute atomic E-state index is 11.4. The van der Waals surface area contributed by atoms with E-state index in [1.54, 1.807) is 19.2 Å². The number of hydrogen-bond acceptors (Lipinski definition) is 6. The lowest BCUT2D eigenvalue weighted by Gasteiger charge is -2.31. The predicted octanol–water partition coefficient (Wildman–Crippen LogP) is 0.341. The number of aliphatic hydroxyl groups excluding tert-OH is 1. The number of anilines is 1. The van der Waals surface area contributed by atoms with Gasteiger partial charge in [-0.25, -0.2) is 0 Å². The Balaban J connectivity index is 1.74. The minimum Gasteiger partial charge on any atom is -0.390 e. The molecule has 0 bridgehead atoms. The number of likely N-dealkylation sites (tertiary alicyclic amines) is 1. The summed E-state index contributed by atoms with van der Waals surface area (Å²) in [5, 5.41) is 23.4. The fourth-order valence-corrected chi connectivity index (χ4v) is 2.51. The fourth-order valence-electron chi connectivity index (χ4n) is 2.51. The summed E-state index contributed by atoms with van der Waals surface area (Å²) in [5.74, 6) is 1.08. The van der Waals surface area contributed by atoms with Crippen LogP contribution < -0.4 is 10.6 Å². The molecule has 1 aliphatic rings. The van der Waals surface area contributed by atoms with Gasteiger partial charge in [-0.2, -0.15) is 0 Å². The Morgan fingerprint density at radius 1 is 1.41 bits per heavy atom. The quantitative estimate of drug-likeness (QED) is 0.702. The van der Waals surface area contributed by atoms with Crippen molar-refractivity contribution in [2.75, 3.05) is 38.5 Å². The highest BCUT2D eigenvalue weighted by atomic mass is 16.3. The molecule has 1 atom stereocenters. The van der Waals surface area contributed by atoms with Crippen molar-refractivity contribution in [1.82, 2.24) is 20.4 Å². The van der Waals surface area contributed by atoms with Crippen molar-refractivity contribution in [2.45, 2.75) is 25.9 Å². The molecule has 1 aromatic heterocycles. The molecule has 3 N–H and O–H groups in total. The van der Waals surface area contributed by atoms with Crippen LogP contribution in [-0.4, -0.2) is 65.4 Å². The molecule has 1 fully saturated rings. The van der Waals surface area contributed by atoms with Gasteiger partial charge in [-0.05, 0) is 44.0 Å². The maximum atomic E-state index is 11.4. The highest BCUT2D eigenvalue weighted by Gasteiger charge is 2.18. The van der Waals surface area contributed by atoms with Gasteiger partial charge < -0.3 is 20.6 Å². The Morgan fingerprint density at radius 3 is 2.73 bits per heavy atom. The Morgan fingerprint density at radius 2 is 2.14 bits per heavy atom. The molecule has 0 aliphatic carbocycles. The van der Waals surface area contributed by atoms with Crippen molar-refractivity contribution in [3.63, 3.8) is 0 Å². The van der Waals surface area contributed by atoms with Crippen LogP contribution in [-0.2, 0) is 0 Å². The molecule has 122 valence electrons. The molecular weight excluding hydrogens is 282 g/mol. The first kappa shape index (κ1) is 16.6. The molecule has 0 radical (unpaired) electrons. The number of hydrogen-bond donors (Lipinski definition) is 3.